The molecule has 3 heterocycles. The second-order valence-corrected chi connectivity index (χ2v) is 6.62. The number of carbonyl (C=O) groups excluding carboxylic acids is 1. The molecule has 4 rings (SSSR count). The lowest BCUT2D eigenvalue weighted by atomic mass is 9.96. The zero-order chi connectivity index (χ0) is 17.1. The molecule has 7 nitrogen and oxygen atoms in total. The summed E-state index contributed by atoms with van der Waals surface area (Å²) < 4.78 is 11.2. The lowest BCUT2D eigenvalue weighted by Gasteiger charge is -2.32. The fourth-order valence-electron chi connectivity index (χ4n) is 3.56. The van der Waals surface area contributed by atoms with Gasteiger partial charge in [0.2, 0.25) is 0 Å². The Kier molecular flexibility index (Phi) is 4.74. The van der Waals surface area contributed by atoms with Gasteiger partial charge in [-0.15, -0.1) is 0 Å². The molecule has 0 unspecified atom stereocenters. The van der Waals surface area contributed by atoms with E-state index in [0.29, 0.717) is 25.4 Å². The van der Waals surface area contributed by atoms with Crippen LogP contribution >= 0.6 is 0 Å². The first-order valence-electron chi connectivity index (χ1n) is 8.94. The minimum absolute atomic E-state index is 0.0235. The van der Waals surface area contributed by atoms with E-state index in [1.807, 2.05) is 11.0 Å². The van der Waals surface area contributed by atoms with Crippen LogP contribution in [0.1, 0.15) is 46.8 Å². The first-order chi connectivity index (χ1) is 12.3. The van der Waals surface area contributed by atoms with E-state index in [-0.39, 0.29) is 12.0 Å². The molecular formula is C18H22N4O3. The molecule has 1 fully saturated rings. The summed E-state index contributed by atoms with van der Waals surface area (Å²) in [6, 6.07) is 1.91. The number of morpholine rings is 1. The third-order valence-electron chi connectivity index (χ3n) is 4.94. The number of fused-ring (bicyclic) bond motifs is 1. The van der Waals surface area contributed by atoms with E-state index in [9.17, 15) is 4.79 Å². The molecule has 25 heavy (non-hydrogen) atoms. The molecule has 0 saturated carbocycles. The predicted octanol–water partition coefficient (Wildman–Crippen LogP) is 1.82. The third kappa shape index (κ3) is 3.56. The first-order valence-corrected chi connectivity index (χ1v) is 8.94. The van der Waals surface area contributed by atoms with Crippen LogP contribution in [0.15, 0.2) is 23.1 Å². The quantitative estimate of drug-likeness (QED) is 0.843. The SMILES string of the molecule is O=C(c1noc2c1CCCC2)N1CCO[C@H](CCc2ccncn2)C1. The van der Waals surface area contributed by atoms with Gasteiger partial charge in [0.05, 0.1) is 12.7 Å². The van der Waals surface area contributed by atoms with Crippen molar-refractivity contribution in [3.63, 3.8) is 0 Å². The van der Waals surface area contributed by atoms with Gasteiger partial charge >= 0.3 is 0 Å². The summed E-state index contributed by atoms with van der Waals surface area (Å²) in [6.45, 7) is 1.75. The van der Waals surface area contributed by atoms with Crippen molar-refractivity contribution in [3.05, 3.63) is 41.3 Å². The van der Waals surface area contributed by atoms with Crippen molar-refractivity contribution in [3.8, 4) is 0 Å². The number of carbonyl (C=O) groups is 1. The van der Waals surface area contributed by atoms with Crippen molar-refractivity contribution < 1.29 is 14.1 Å². The van der Waals surface area contributed by atoms with Gasteiger partial charge in [0.1, 0.15) is 12.1 Å². The van der Waals surface area contributed by atoms with Gasteiger partial charge in [-0.2, -0.15) is 0 Å². The smallest absolute Gasteiger partial charge is 0.276 e. The third-order valence-corrected chi connectivity index (χ3v) is 4.94. The number of ether oxygens (including phenoxy) is 1. The fourth-order valence-corrected chi connectivity index (χ4v) is 3.56. The summed E-state index contributed by atoms with van der Waals surface area (Å²) in [4.78, 5) is 22.9. The van der Waals surface area contributed by atoms with Crippen LogP contribution in [0.5, 0.6) is 0 Å². The lowest BCUT2D eigenvalue weighted by molar-refractivity contribution is -0.0250. The maximum absolute atomic E-state index is 12.9. The molecule has 2 aliphatic rings. The molecule has 0 aromatic carbocycles. The highest BCUT2D eigenvalue weighted by Gasteiger charge is 2.30. The van der Waals surface area contributed by atoms with Crippen molar-refractivity contribution in [2.24, 2.45) is 0 Å². The molecule has 1 aliphatic heterocycles. The Bertz CT molecular complexity index is 731. The predicted molar refractivity (Wildman–Crippen MR) is 89.1 cm³/mol. The molecule has 1 atom stereocenters. The molecule has 0 radical (unpaired) electrons. The largest absolute Gasteiger partial charge is 0.375 e. The van der Waals surface area contributed by atoms with Crippen LogP contribution in [0.3, 0.4) is 0 Å². The maximum atomic E-state index is 12.9. The Labute approximate surface area is 146 Å². The van der Waals surface area contributed by atoms with E-state index in [0.717, 1.165) is 55.5 Å². The maximum Gasteiger partial charge on any atom is 0.276 e. The molecule has 1 saturated heterocycles. The molecule has 1 amide bonds. The molecule has 2 aromatic rings. The molecular weight excluding hydrogens is 320 g/mol. The number of rotatable bonds is 4. The van der Waals surface area contributed by atoms with Crippen LogP contribution in [-0.4, -0.2) is 51.7 Å². The van der Waals surface area contributed by atoms with Gasteiger partial charge in [0, 0.05) is 37.0 Å². The van der Waals surface area contributed by atoms with Gasteiger partial charge in [-0.1, -0.05) is 5.16 Å². The molecule has 1 aliphatic carbocycles. The number of nitrogens with zero attached hydrogens (tertiary/aromatic N) is 4. The monoisotopic (exact) mass is 342 g/mol. The molecule has 2 aromatic heterocycles. The van der Waals surface area contributed by atoms with Crippen molar-refractivity contribution in [1.29, 1.82) is 0 Å². The minimum Gasteiger partial charge on any atom is -0.375 e. The minimum atomic E-state index is -0.0257. The molecule has 0 bridgehead atoms. The van der Waals surface area contributed by atoms with Crippen LogP contribution in [-0.2, 0) is 24.0 Å². The fraction of sp³-hybridized carbons (Fsp3) is 0.556. The van der Waals surface area contributed by atoms with Crippen LogP contribution in [0.4, 0.5) is 0 Å². The van der Waals surface area contributed by atoms with E-state index < -0.39 is 0 Å². The topological polar surface area (TPSA) is 81.4 Å². The number of aromatic nitrogens is 3. The second kappa shape index (κ2) is 7.31. The van der Waals surface area contributed by atoms with Gasteiger partial charge in [-0.3, -0.25) is 4.79 Å². The highest BCUT2D eigenvalue weighted by Crippen LogP contribution is 2.25. The van der Waals surface area contributed by atoms with E-state index in [2.05, 4.69) is 15.1 Å². The number of amides is 1. The Morgan fingerprint density at radius 1 is 1.32 bits per heavy atom. The summed E-state index contributed by atoms with van der Waals surface area (Å²) in [6.07, 6.45) is 8.95. The standard InChI is InChI=1S/C18H22N4O3/c23-18(17-15-3-1-2-4-16(15)25-21-17)22-9-10-24-14(11-22)6-5-13-7-8-19-12-20-13/h7-8,12,14H,1-6,9-11H2/t14-/m1/s1. The highest BCUT2D eigenvalue weighted by atomic mass is 16.5. The van der Waals surface area contributed by atoms with Crippen molar-refractivity contribution in [2.45, 2.75) is 44.6 Å². The normalized spacial score (nSPS) is 20.3. The Balaban J connectivity index is 1.39. The zero-order valence-corrected chi connectivity index (χ0v) is 14.2. The van der Waals surface area contributed by atoms with Gasteiger partial charge in [-0.25, -0.2) is 9.97 Å². The summed E-state index contributed by atoms with van der Waals surface area (Å²) in [5.41, 5.74) is 2.51. The summed E-state index contributed by atoms with van der Waals surface area (Å²) in [5.74, 6) is 0.866. The second-order valence-electron chi connectivity index (χ2n) is 6.62. The van der Waals surface area contributed by atoms with Gasteiger partial charge in [-0.05, 0) is 38.2 Å². The van der Waals surface area contributed by atoms with Crippen LogP contribution in [0, 0.1) is 0 Å². The molecule has 0 N–H and O–H groups in total. The number of aryl methyl sites for hydroxylation is 2. The van der Waals surface area contributed by atoms with Gasteiger partial charge < -0.3 is 14.2 Å². The summed E-state index contributed by atoms with van der Waals surface area (Å²) >= 11 is 0. The Morgan fingerprint density at radius 3 is 3.12 bits per heavy atom. The van der Waals surface area contributed by atoms with Crippen molar-refractivity contribution in [2.75, 3.05) is 19.7 Å². The lowest BCUT2D eigenvalue weighted by Crippen LogP contribution is -2.46. The average Bonchev–Trinajstić information content (AvgIpc) is 3.11. The van der Waals surface area contributed by atoms with E-state index in [4.69, 9.17) is 9.26 Å². The first kappa shape index (κ1) is 16.2. The number of hydrogen-bond acceptors (Lipinski definition) is 6. The van der Waals surface area contributed by atoms with E-state index in [1.54, 1.807) is 12.5 Å². The Morgan fingerprint density at radius 2 is 2.24 bits per heavy atom. The zero-order valence-electron chi connectivity index (χ0n) is 14.2. The molecule has 7 heteroatoms. The van der Waals surface area contributed by atoms with E-state index >= 15 is 0 Å². The average molecular weight is 342 g/mol. The highest BCUT2D eigenvalue weighted by molar-refractivity contribution is 5.94. The van der Waals surface area contributed by atoms with E-state index in [1.165, 1.54) is 0 Å². The summed E-state index contributed by atoms with van der Waals surface area (Å²) in [7, 11) is 0. The molecule has 0 spiro atoms. The van der Waals surface area contributed by atoms with Crippen LogP contribution in [0.2, 0.25) is 0 Å². The summed E-state index contributed by atoms with van der Waals surface area (Å²) in [5, 5.41) is 4.07. The van der Waals surface area contributed by atoms with Crippen LogP contribution < -0.4 is 0 Å². The van der Waals surface area contributed by atoms with Crippen LogP contribution in [0.25, 0.3) is 0 Å². The molecule has 132 valence electrons. The Hall–Kier alpha value is -2.28. The van der Waals surface area contributed by atoms with Gasteiger partial charge in [0.25, 0.3) is 5.91 Å². The van der Waals surface area contributed by atoms with Crippen molar-refractivity contribution >= 4 is 5.91 Å². The number of hydrogen-bond donors (Lipinski definition) is 0. The van der Waals surface area contributed by atoms with Gasteiger partial charge in [0.15, 0.2) is 5.69 Å². The van der Waals surface area contributed by atoms with Crippen molar-refractivity contribution in [1.82, 2.24) is 20.0 Å².